The Labute approximate surface area is 114 Å². The second-order valence-corrected chi connectivity index (χ2v) is 6.50. The third kappa shape index (κ3) is 3.08. The van der Waals surface area contributed by atoms with Gasteiger partial charge in [0.05, 0.1) is 12.6 Å². The van der Waals surface area contributed by atoms with Crippen LogP contribution in [0.4, 0.5) is 0 Å². The van der Waals surface area contributed by atoms with E-state index in [2.05, 4.69) is 62.3 Å². The van der Waals surface area contributed by atoms with Crippen LogP contribution in [0.5, 0.6) is 0 Å². The van der Waals surface area contributed by atoms with E-state index in [1.165, 1.54) is 11.1 Å². The molecule has 0 bridgehead atoms. The molecule has 0 saturated heterocycles. The highest BCUT2D eigenvalue weighted by atomic mass is 32.2. The van der Waals surface area contributed by atoms with E-state index in [-0.39, 0.29) is 0 Å². The van der Waals surface area contributed by atoms with Crippen LogP contribution in [0.2, 0.25) is 0 Å². The summed E-state index contributed by atoms with van der Waals surface area (Å²) < 4.78 is 0. The molecular weight excluding hydrogens is 240 g/mol. The van der Waals surface area contributed by atoms with E-state index >= 15 is 0 Å². The first kappa shape index (κ1) is 13.5. The number of benzene rings is 1. The van der Waals surface area contributed by atoms with Gasteiger partial charge in [-0.2, -0.15) is 0 Å². The molecule has 0 amide bonds. The van der Waals surface area contributed by atoms with Crippen molar-refractivity contribution in [3.8, 4) is 0 Å². The smallest absolute Gasteiger partial charge is 0.157 e. The fraction of sp³-hybridized carbons (Fsp3) is 0.533. The SMILES string of the molecule is Cc1ccccc1C(C)NC1=NCC(C(C)C)S1. The fourth-order valence-corrected chi connectivity index (χ4v) is 3.25. The van der Waals surface area contributed by atoms with Gasteiger partial charge in [-0.3, -0.25) is 4.99 Å². The molecular formula is C15H22N2S. The van der Waals surface area contributed by atoms with Gasteiger partial charge < -0.3 is 5.32 Å². The van der Waals surface area contributed by atoms with Gasteiger partial charge in [0.15, 0.2) is 5.17 Å². The number of rotatable bonds is 3. The van der Waals surface area contributed by atoms with E-state index in [1.54, 1.807) is 0 Å². The van der Waals surface area contributed by atoms with Crippen LogP contribution in [-0.4, -0.2) is 17.0 Å². The Bertz CT molecular complexity index is 440. The number of hydrogen-bond acceptors (Lipinski definition) is 3. The summed E-state index contributed by atoms with van der Waals surface area (Å²) in [5.41, 5.74) is 2.69. The Morgan fingerprint density at radius 3 is 2.61 bits per heavy atom. The van der Waals surface area contributed by atoms with E-state index in [9.17, 15) is 0 Å². The van der Waals surface area contributed by atoms with E-state index in [1.807, 2.05) is 11.8 Å². The van der Waals surface area contributed by atoms with Gasteiger partial charge in [-0.25, -0.2) is 0 Å². The minimum absolute atomic E-state index is 0.323. The summed E-state index contributed by atoms with van der Waals surface area (Å²) >= 11 is 1.89. The van der Waals surface area contributed by atoms with Crippen molar-refractivity contribution in [2.75, 3.05) is 6.54 Å². The number of aryl methyl sites for hydroxylation is 1. The number of thioether (sulfide) groups is 1. The zero-order valence-corrected chi connectivity index (χ0v) is 12.4. The van der Waals surface area contributed by atoms with Gasteiger partial charge in [-0.15, -0.1) is 0 Å². The molecule has 0 spiro atoms. The van der Waals surface area contributed by atoms with Crippen molar-refractivity contribution in [3.63, 3.8) is 0 Å². The first-order valence-corrected chi connectivity index (χ1v) is 7.49. The number of hydrogen-bond donors (Lipinski definition) is 1. The van der Waals surface area contributed by atoms with Gasteiger partial charge in [0, 0.05) is 5.25 Å². The first-order chi connectivity index (χ1) is 8.58. The third-order valence-corrected chi connectivity index (χ3v) is 4.88. The summed E-state index contributed by atoms with van der Waals surface area (Å²) in [7, 11) is 0. The lowest BCUT2D eigenvalue weighted by atomic mass is 10.0. The van der Waals surface area contributed by atoms with Gasteiger partial charge in [0.1, 0.15) is 0 Å². The molecule has 1 aromatic carbocycles. The molecule has 1 N–H and O–H groups in total. The standard InChI is InChI=1S/C15H22N2S/c1-10(2)14-9-16-15(18-14)17-12(4)13-8-6-5-7-11(13)3/h5-8,10,12,14H,9H2,1-4H3,(H,16,17). The second-order valence-electron chi connectivity index (χ2n) is 5.27. The number of nitrogens with one attached hydrogen (secondary N) is 1. The summed E-state index contributed by atoms with van der Waals surface area (Å²) in [6.07, 6.45) is 0. The molecule has 1 aliphatic heterocycles. The largest absolute Gasteiger partial charge is 0.358 e. The minimum atomic E-state index is 0.323. The minimum Gasteiger partial charge on any atom is -0.358 e. The van der Waals surface area contributed by atoms with Crippen molar-refractivity contribution >= 4 is 16.9 Å². The molecule has 2 rings (SSSR count). The van der Waals surface area contributed by atoms with Gasteiger partial charge in [-0.05, 0) is 30.9 Å². The van der Waals surface area contributed by atoms with Crippen molar-refractivity contribution in [1.82, 2.24) is 5.32 Å². The molecule has 2 atom stereocenters. The first-order valence-electron chi connectivity index (χ1n) is 6.61. The van der Waals surface area contributed by atoms with Crippen LogP contribution in [0.1, 0.15) is 37.9 Å². The van der Waals surface area contributed by atoms with Crippen LogP contribution in [0.3, 0.4) is 0 Å². The zero-order chi connectivity index (χ0) is 13.1. The summed E-state index contributed by atoms with van der Waals surface area (Å²) in [5.74, 6) is 0.687. The van der Waals surface area contributed by atoms with Gasteiger partial charge in [-0.1, -0.05) is 49.9 Å². The highest BCUT2D eigenvalue weighted by molar-refractivity contribution is 8.14. The van der Waals surface area contributed by atoms with Crippen molar-refractivity contribution < 1.29 is 0 Å². The van der Waals surface area contributed by atoms with E-state index < -0.39 is 0 Å². The topological polar surface area (TPSA) is 24.4 Å². The maximum Gasteiger partial charge on any atom is 0.157 e. The number of nitrogens with zero attached hydrogens (tertiary/aromatic N) is 1. The van der Waals surface area contributed by atoms with Crippen molar-refractivity contribution in [2.45, 2.75) is 39.0 Å². The Hall–Kier alpha value is -0.960. The van der Waals surface area contributed by atoms with Crippen LogP contribution in [0.25, 0.3) is 0 Å². The van der Waals surface area contributed by atoms with Crippen LogP contribution < -0.4 is 5.32 Å². The Kier molecular flexibility index (Phi) is 4.33. The molecule has 3 heteroatoms. The van der Waals surface area contributed by atoms with Gasteiger partial charge >= 0.3 is 0 Å². The van der Waals surface area contributed by atoms with Crippen LogP contribution >= 0.6 is 11.8 Å². The lowest BCUT2D eigenvalue weighted by Crippen LogP contribution is -2.24. The zero-order valence-electron chi connectivity index (χ0n) is 11.6. The molecule has 1 aliphatic rings. The number of aliphatic imine (C=N–C) groups is 1. The molecule has 0 saturated carbocycles. The summed E-state index contributed by atoms with van der Waals surface area (Å²) in [6, 6.07) is 8.85. The molecule has 0 aromatic heterocycles. The lowest BCUT2D eigenvalue weighted by Gasteiger charge is -2.18. The van der Waals surface area contributed by atoms with Crippen LogP contribution in [0, 0.1) is 12.8 Å². The highest BCUT2D eigenvalue weighted by Gasteiger charge is 2.23. The highest BCUT2D eigenvalue weighted by Crippen LogP contribution is 2.27. The summed E-state index contributed by atoms with van der Waals surface area (Å²) in [5, 5.41) is 5.27. The summed E-state index contributed by atoms with van der Waals surface area (Å²) in [4.78, 5) is 4.60. The third-order valence-electron chi connectivity index (χ3n) is 3.42. The van der Waals surface area contributed by atoms with Crippen LogP contribution in [0.15, 0.2) is 29.3 Å². The van der Waals surface area contributed by atoms with E-state index in [0.717, 1.165) is 11.7 Å². The molecule has 2 unspecified atom stereocenters. The normalized spacial score (nSPS) is 20.9. The lowest BCUT2D eigenvalue weighted by molar-refractivity contribution is 0.620. The maximum absolute atomic E-state index is 4.60. The van der Waals surface area contributed by atoms with Crippen molar-refractivity contribution in [3.05, 3.63) is 35.4 Å². The predicted octanol–water partition coefficient (Wildman–Crippen LogP) is 3.77. The average molecular weight is 262 g/mol. The monoisotopic (exact) mass is 262 g/mol. The molecule has 2 nitrogen and oxygen atoms in total. The Morgan fingerprint density at radius 2 is 2.00 bits per heavy atom. The number of amidine groups is 1. The van der Waals surface area contributed by atoms with Crippen molar-refractivity contribution in [2.24, 2.45) is 10.9 Å². The fourth-order valence-electron chi connectivity index (χ4n) is 2.15. The summed E-state index contributed by atoms with van der Waals surface area (Å²) in [6.45, 7) is 9.84. The van der Waals surface area contributed by atoms with Crippen LogP contribution in [-0.2, 0) is 0 Å². The maximum atomic E-state index is 4.60. The van der Waals surface area contributed by atoms with Gasteiger partial charge in [0.2, 0.25) is 0 Å². The van der Waals surface area contributed by atoms with Crippen molar-refractivity contribution in [1.29, 1.82) is 0 Å². The molecule has 1 heterocycles. The predicted molar refractivity (Wildman–Crippen MR) is 81.2 cm³/mol. The van der Waals surface area contributed by atoms with E-state index in [0.29, 0.717) is 17.2 Å². The molecule has 1 aromatic rings. The Balaban J connectivity index is 1.97. The molecule has 0 fully saturated rings. The molecule has 0 radical (unpaired) electrons. The van der Waals surface area contributed by atoms with Gasteiger partial charge in [0.25, 0.3) is 0 Å². The quantitative estimate of drug-likeness (QED) is 0.896. The molecule has 0 aliphatic carbocycles. The van der Waals surface area contributed by atoms with E-state index in [4.69, 9.17) is 0 Å². The molecule has 98 valence electrons. The Morgan fingerprint density at radius 1 is 1.28 bits per heavy atom. The molecule has 18 heavy (non-hydrogen) atoms. The average Bonchev–Trinajstić information content (AvgIpc) is 2.78. The second kappa shape index (κ2) is 5.79.